The van der Waals surface area contributed by atoms with E-state index in [0.717, 1.165) is 18.4 Å². The lowest BCUT2D eigenvalue weighted by atomic mass is 10.1. The minimum Gasteiger partial charge on any atom is -0.362 e. The Kier molecular flexibility index (Phi) is 4.77. The molecule has 1 aromatic heterocycles. The topological polar surface area (TPSA) is 80.4 Å². The largest absolute Gasteiger partial charge is 0.362 e. The van der Waals surface area contributed by atoms with Crippen LogP contribution in [0.2, 0.25) is 10.2 Å². The first-order valence-electron chi connectivity index (χ1n) is 6.21. The van der Waals surface area contributed by atoms with Crippen molar-refractivity contribution in [1.82, 2.24) is 10.3 Å². The van der Waals surface area contributed by atoms with Gasteiger partial charge in [0, 0.05) is 11.1 Å². The van der Waals surface area contributed by atoms with Crippen molar-refractivity contribution >= 4 is 29.0 Å². The van der Waals surface area contributed by atoms with Crippen LogP contribution in [0.4, 0.5) is 0 Å². The highest BCUT2D eigenvalue weighted by molar-refractivity contribution is 6.41. The highest BCUT2D eigenvalue weighted by atomic mass is 35.5. The quantitative estimate of drug-likeness (QED) is 0.298. The van der Waals surface area contributed by atoms with Gasteiger partial charge < -0.3 is 5.32 Å². The Bertz CT molecular complexity index is 546. The van der Waals surface area contributed by atoms with Crippen molar-refractivity contribution < 1.29 is 4.92 Å². The zero-order valence-electron chi connectivity index (χ0n) is 10.8. The van der Waals surface area contributed by atoms with Crippen LogP contribution in [0.25, 0.3) is 0 Å². The van der Waals surface area contributed by atoms with Crippen molar-refractivity contribution in [1.29, 1.82) is 0 Å². The summed E-state index contributed by atoms with van der Waals surface area (Å²) in [6.45, 7) is 1.55. The number of aliphatic imine (C=N–C) groups is 1. The maximum Gasteiger partial charge on any atom is 0.259 e. The monoisotopic (exact) mass is 316 g/mol. The fourth-order valence-corrected chi connectivity index (χ4v) is 1.95. The van der Waals surface area contributed by atoms with Crippen LogP contribution in [0, 0.1) is 10.1 Å². The Morgan fingerprint density at radius 3 is 2.90 bits per heavy atom. The molecule has 1 aliphatic rings. The number of amidine groups is 1. The maximum absolute atomic E-state index is 10.7. The normalized spacial score (nSPS) is 16.9. The van der Waals surface area contributed by atoms with E-state index in [1.54, 1.807) is 12.3 Å². The van der Waals surface area contributed by atoms with E-state index in [1.807, 2.05) is 6.92 Å². The summed E-state index contributed by atoms with van der Waals surface area (Å²) in [4.78, 5) is 18.5. The van der Waals surface area contributed by atoms with Gasteiger partial charge in [0.2, 0.25) is 0 Å². The molecule has 0 aliphatic heterocycles. The van der Waals surface area contributed by atoms with E-state index in [1.165, 1.54) is 0 Å². The molecule has 1 aromatic rings. The summed E-state index contributed by atoms with van der Waals surface area (Å²) in [7, 11) is 0. The SMILES string of the molecule is CC(NC(C[N+](=O)[O-])=NC1CC1)c1cnc(Cl)c(Cl)c1. The van der Waals surface area contributed by atoms with E-state index in [0.29, 0.717) is 10.9 Å². The number of pyridine rings is 1. The molecule has 0 spiro atoms. The van der Waals surface area contributed by atoms with Crippen molar-refractivity contribution in [2.75, 3.05) is 6.54 Å². The van der Waals surface area contributed by atoms with Crippen molar-refractivity contribution in [2.24, 2.45) is 4.99 Å². The van der Waals surface area contributed by atoms with Crippen LogP contribution in [0.15, 0.2) is 17.3 Å². The van der Waals surface area contributed by atoms with Crippen LogP contribution in [0.5, 0.6) is 0 Å². The Morgan fingerprint density at radius 2 is 2.35 bits per heavy atom. The molecule has 1 fully saturated rings. The number of nitrogens with one attached hydrogen (secondary N) is 1. The Balaban J connectivity index is 2.08. The molecule has 108 valence electrons. The van der Waals surface area contributed by atoms with Gasteiger partial charge >= 0.3 is 0 Å². The van der Waals surface area contributed by atoms with Crippen LogP contribution in [0.3, 0.4) is 0 Å². The van der Waals surface area contributed by atoms with E-state index in [9.17, 15) is 10.1 Å². The number of nitro groups is 1. The molecule has 0 amide bonds. The second-order valence-corrected chi connectivity index (χ2v) is 5.47. The first-order chi connectivity index (χ1) is 9.45. The summed E-state index contributed by atoms with van der Waals surface area (Å²) in [5, 5.41) is 14.3. The van der Waals surface area contributed by atoms with Gasteiger partial charge in [-0.3, -0.25) is 15.1 Å². The molecular weight excluding hydrogens is 303 g/mol. The van der Waals surface area contributed by atoms with Gasteiger partial charge in [0.1, 0.15) is 5.15 Å². The van der Waals surface area contributed by atoms with E-state index >= 15 is 0 Å². The van der Waals surface area contributed by atoms with E-state index < -0.39 is 4.92 Å². The molecule has 8 heteroatoms. The number of hydrogen-bond acceptors (Lipinski definition) is 4. The van der Waals surface area contributed by atoms with Crippen molar-refractivity contribution in [3.8, 4) is 0 Å². The number of aromatic nitrogens is 1. The first kappa shape index (κ1) is 15.0. The first-order valence-corrected chi connectivity index (χ1v) is 6.97. The smallest absolute Gasteiger partial charge is 0.259 e. The van der Waals surface area contributed by atoms with Crippen LogP contribution >= 0.6 is 23.2 Å². The predicted octanol–water partition coefficient (Wildman–Crippen LogP) is 2.88. The minimum atomic E-state index is -0.395. The second-order valence-electron chi connectivity index (χ2n) is 4.71. The predicted molar refractivity (Wildman–Crippen MR) is 78.1 cm³/mol. The molecule has 1 aliphatic carbocycles. The zero-order valence-corrected chi connectivity index (χ0v) is 12.4. The molecule has 6 nitrogen and oxygen atoms in total. The third kappa shape index (κ3) is 4.31. The van der Waals surface area contributed by atoms with Crippen molar-refractivity contribution in [3.05, 3.63) is 38.1 Å². The van der Waals surface area contributed by atoms with Gasteiger partial charge in [0.25, 0.3) is 6.54 Å². The standard InChI is InChI=1S/C12H14Cl2N4O2/c1-7(8-4-10(13)12(14)15-5-8)16-11(6-18(19)20)17-9-2-3-9/h4-5,7,9H,2-3,6H2,1H3,(H,16,17). The number of hydrogen-bond donors (Lipinski definition) is 1. The van der Waals surface area contributed by atoms with Gasteiger partial charge in [-0.2, -0.15) is 0 Å². The molecule has 1 saturated carbocycles. The van der Waals surface area contributed by atoms with Crippen LogP contribution in [0.1, 0.15) is 31.4 Å². The summed E-state index contributed by atoms with van der Waals surface area (Å²) in [5.41, 5.74) is 0.797. The number of rotatable bonds is 5. The van der Waals surface area contributed by atoms with Crippen molar-refractivity contribution in [2.45, 2.75) is 31.8 Å². The van der Waals surface area contributed by atoms with E-state index in [2.05, 4.69) is 15.3 Å². The fourth-order valence-electron chi connectivity index (χ4n) is 1.68. The summed E-state index contributed by atoms with van der Waals surface area (Å²) < 4.78 is 0. The molecular formula is C12H14Cl2N4O2. The van der Waals surface area contributed by atoms with Gasteiger partial charge in [0.05, 0.1) is 17.1 Å². The highest BCUT2D eigenvalue weighted by Crippen LogP contribution is 2.25. The molecule has 1 atom stereocenters. The van der Waals surface area contributed by atoms with E-state index in [4.69, 9.17) is 23.2 Å². The third-order valence-electron chi connectivity index (χ3n) is 2.86. The zero-order chi connectivity index (χ0) is 14.7. The van der Waals surface area contributed by atoms with Gasteiger partial charge in [-0.25, -0.2) is 4.98 Å². The minimum absolute atomic E-state index is 0.185. The molecule has 1 heterocycles. The molecule has 0 bridgehead atoms. The van der Waals surface area contributed by atoms with Gasteiger partial charge in [-0.15, -0.1) is 0 Å². The molecule has 20 heavy (non-hydrogen) atoms. The van der Waals surface area contributed by atoms with Crippen LogP contribution in [-0.2, 0) is 0 Å². The maximum atomic E-state index is 10.7. The lowest BCUT2D eigenvalue weighted by molar-refractivity contribution is -0.463. The lowest BCUT2D eigenvalue weighted by Gasteiger charge is -2.15. The van der Waals surface area contributed by atoms with Gasteiger partial charge in [-0.05, 0) is 31.4 Å². The number of nitrogens with zero attached hydrogens (tertiary/aromatic N) is 3. The molecule has 0 radical (unpaired) electrons. The Labute approximate surface area is 126 Å². The Hall–Kier alpha value is -1.40. The average molecular weight is 317 g/mol. The molecule has 1 unspecified atom stereocenters. The van der Waals surface area contributed by atoms with Crippen LogP contribution in [-0.4, -0.2) is 28.3 Å². The van der Waals surface area contributed by atoms with Gasteiger partial charge in [-0.1, -0.05) is 23.2 Å². The highest BCUT2D eigenvalue weighted by Gasteiger charge is 2.23. The van der Waals surface area contributed by atoms with Crippen molar-refractivity contribution in [3.63, 3.8) is 0 Å². The summed E-state index contributed by atoms with van der Waals surface area (Å²) in [5.74, 6) is 0.385. The molecule has 2 rings (SSSR count). The number of halogens is 2. The van der Waals surface area contributed by atoms with E-state index in [-0.39, 0.29) is 23.8 Å². The Morgan fingerprint density at radius 1 is 1.65 bits per heavy atom. The summed E-state index contributed by atoms with van der Waals surface area (Å²) in [6.07, 6.45) is 3.57. The molecule has 0 saturated heterocycles. The van der Waals surface area contributed by atoms with Crippen LogP contribution < -0.4 is 5.32 Å². The fraction of sp³-hybridized carbons (Fsp3) is 0.500. The average Bonchev–Trinajstić information content (AvgIpc) is 3.15. The lowest BCUT2D eigenvalue weighted by Crippen LogP contribution is -2.33. The third-order valence-corrected chi connectivity index (χ3v) is 3.55. The molecule has 1 N–H and O–H groups in total. The summed E-state index contributed by atoms with van der Waals surface area (Å²) >= 11 is 11.7. The molecule has 0 aromatic carbocycles. The second kappa shape index (κ2) is 6.37. The van der Waals surface area contributed by atoms with Gasteiger partial charge in [0.15, 0.2) is 5.84 Å². The summed E-state index contributed by atoms with van der Waals surface area (Å²) in [6, 6.07) is 1.72.